The minimum atomic E-state index is -0.699. The lowest BCUT2D eigenvalue weighted by atomic mass is 9.80. The van der Waals surface area contributed by atoms with Crippen molar-refractivity contribution >= 4 is 0 Å². The summed E-state index contributed by atoms with van der Waals surface area (Å²) in [5, 5.41) is 0. The number of hydrogen-bond acceptors (Lipinski definition) is 1. The number of ether oxygens (including phenoxy) is 1. The van der Waals surface area contributed by atoms with Gasteiger partial charge in [-0.15, -0.1) is 0 Å². The molecule has 0 aromatic heterocycles. The van der Waals surface area contributed by atoms with Gasteiger partial charge >= 0.3 is 0 Å². The number of halogens is 2. The van der Waals surface area contributed by atoms with Gasteiger partial charge in [0, 0.05) is 5.56 Å². The van der Waals surface area contributed by atoms with Gasteiger partial charge in [0.25, 0.3) is 0 Å². The largest absolute Gasteiger partial charge is 0.368 e. The quantitative estimate of drug-likeness (QED) is 0.703. The third kappa shape index (κ3) is 3.28. The summed E-state index contributed by atoms with van der Waals surface area (Å²) in [6.07, 6.45) is 6.42. The first-order chi connectivity index (χ1) is 10.1. The first-order valence-electron chi connectivity index (χ1n) is 8.15. The standard InChI is InChI=1S/C18H24F2O/c1-11-3-5-13(6-4-11)7-8-14-12(2)9-15(16-10-21-16)18(20)17(14)19/h9,11,13,16H,3-8,10H2,1-2H3. The van der Waals surface area contributed by atoms with E-state index in [9.17, 15) is 8.78 Å². The van der Waals surface area contributed by atoms with Gasteiger partial charge in [-0.2, -0.15) is 0 Å². The van der Waals surface area contributed by atoms with Crippen LogP contribution >= 0.6 is 0 Å². The topological polar surface area (TPSA) is 12.5 Å². The highest BCUT2D eigenvalue weighted by molar-refractivity contribution is 5.36. The van der Waals surface area contributed by atoms with Crippen LogP contribution in [-0.2, 0) is 11.2 Å². The van der Waals surface area contributed by atoms with Crippen LogP contribution in [0.4, 0.5) is 8.78 Å². The van der Waals surface area contributed by atoms with Crippen molar-refractivity contribution < 1.29 is 13.5 Å². The van der Waals surface area contributed by atoms with Crippen LogP contribution in [0, 0.1) is 30.4 Å². The van der Waals surface area contributed by atoms with E-state index in [4.69, 9.17) is 4.74 Å². The summed E-state index contributed by atoms with van der Waals surface area (Å²) in [4.78, 5) is 0. The van der Waals surface area contributed by atoms with Crippen molar-refractivity contribution in [2.75, 3.05) is 6.61 Å². The van der Waals surface area contributed by atoms with Crippen LogP contribution in [0.25, 0.3) is 0 Å². The molecule has 0 radical (unpaired) electrons. The van der Waals surface area contributed by atoms with Crippen LogP contribution in [0.1, 0.15) is 61.8 Å². The van der Waals surface area contributed by atoms with Gasteiger partial charge in [0.1, 0.15) is 6.10 Å². The molecular formula is C18H24F2O. The summed E-state index contributed by atoms with van der Waals surface area (Å²) in [5.41, 5.74) is 1.82. The van der Waals surface area contributed by atoms with Gasteiger partial charge in [-0.3, -0.25) is 0 Å². The molecule has 2 fully saturated rings. The molecule has 1 saturated heterocycles. The molecular weight excluding hydrogens is 270 g/mol. The predicted molar refractivity (Wildman–Crippen MR) is 79.2 cm³/mol. The lowest BCUT2D eigenvalue weighted by Gasteiger charge is -2.26. The molecule has 1 heterocycles. The van der Waals surface area contributed by atoms with E-state index < -0.39 is 11.6 Å². The molecule has 1 aromatic rings. The zero-order valence-corrected chi connectivity index (χ0v) is 12.9. The average Bonchev–Trinajstić information content (AvgIpc) is 3.29. The second kappa shape index (κ2) is 6.04. The summed E-state index contributed by atoms with van der Waals surface area (Å²) >= 11 is 0. The molecule has 1 nitrogen and oxygen atoms in total. The van der Waals surface area contributed by atoms with E-state index in [2.05, 4.69) is 6.92 Å². The van der Waals surface area contributed by atoms with Crippen molar-refractivity contribution in [3.8, 4) is 0 Å². The third-order valence-corrected chi connectivity index (χ3v) is 5.18. The summed E-state index contributed by atoms with van der Waals surface area (Å²) < 4.78 is 33.5. The van der Waals surface area contributed by atoms with E-state index in [0.29, 0.717) is 30.1 Å². The Balaban J connectivity index is 1.69. The summed E-state index contributed by atoms with van der Waals surface area (Å²) in [6, 6.07) is 1.77. The number of benzene rings is 1. The van der Waals surface area contributed by atoms with Crippen LogP contribution < -0.4 is 0 Å². The minimum absolute atomic E-state index is 0.230. The molecule has 0 amide bonds. The molecule has 3 rings (SSSR count). The first kappa shape index (κ1) is 15.0. The molecule has 1 unspecified atom stereocenters. The van der Waals surface area contributed by atoms with Gasteiger partial charge in [-0.25, -0.2) is 8.78 Å². The van der Waals surface area contributed by atoms with Gasteiger partial charge in [0.2, 0.25) is 0 Å². The lowest BCUT2D eigenvalue weighted by molar-refractivity contribution is 0.276. The van der Waals surface area contributed by atoms with Gasteiger partial charge in [0.05, 0.1) is 6.61 Å². The van der Waals surface area contributed by atoms with E-state index in [1.54, 1.807) is 6.07 Å². The summed E-state index contributed by atoms with van der Waals surface area (Å²) in [6.45, 7) is 4.69. The summed E-state index contributed by atoms with van der Waals surface area (Å²) in [7, 11) is 0. The van der Waals surface area contributed by atoms with Crippen LogP contribution in [0.3, 0.4) is 0 Å². The number of epoxide rings is 1. The third-order valence-electron chi connectivity index (χ3n) is 5.18. The number of hydrogen-bond donors (Lipinski definition) is 0. The SMILES string of the molecule is Cc1cc(C2CO2)c(F)c(F)c1CCC1CCC(C)CC1. The maximum Gasteiger partial charge on any atom is 0.165 e. The Morgan fingerprint density at radius 2 is 1.81 bits per heavy atom. The Labute approximate surface area is 125 Å². The molecule has 3 heteroatoms. The fourth-order valence-electron chi connectivity index (χ4n) is 3.55. The molecule has 0 bridgehead atoms. The maximum absolute atomic E-state index is 14.3. The van der Waals surface area contributed by atoms with Gasteiger partial charge < -0.3 is 4.74 Å². The Bertz CT molecular complexity index is 514. The van der Waals surface area contributed by atoms with E-state index in [0.717, 1.165) is 17.9 Å². The van der Waals surface area contributed by atoms with Crippen LogP contribution in [-0.4, -0.2) is 6.61 Å². The normalized spacial score (nSPS) is 28.7. The lowest BCUT2D eigenvalue weighted by Crippen LogP contribution is -2.14. The van der Waals surface area contributed by atoms with Crippen LogP contribution in [0.15, 0.2) is 6.07 Å². The highest BCUT2D eigenvalue weighted by Gasteiger charge is 2.31. The minimum Gasteiger partial charge on any atom is -0.368 e. The van der Waals surface area contributed by atoms with Gasteiger partial charge in [0.15, 0.2) is 11.6 Å². The molecule has 1 aromatic carbocycles. The fourth-order valence-corrected chi connectivity index (χ4v) is 3.55. The van der Waals surface area contributed by atoms with Crippen molar-refractivity contribution in [3.63, 3.8) is 0 Å². The van der Waals surface area contributed by atoms with Crippen molar-refractivity contribution in [1.82, 2.24) is 0 Å². The van der Waals surface area contributed by atoms with E-state index in [1.165, 1.54) is 25.7 Å². The van der Waals surface area contributed by atoms with Crippen molar-refractivity contribution in [2.24, 2.45) is 11.8 Å². The summed E-state index contributed by atoms with van der Waals surface area (Å²) in [5.74, 6) is 0.157. The molecule has 0 N–H and O–H groups in total. The van der Waals surface area contributed by atoms with Crippen molar-refractivity contribution in [3.05, 3.63) is 34.4 Å². The maximum atomic E-state index is 14.3. The van der Waals surface area contributed by atoms with Crippen LogP contribution in [0.5, 0.6) is 0 Å². The van der Waals surface area contributed by atoms with Crippen molar-refractivity contribution in [2.45, 2.75) is 58.5 Å². The molecule has 2 aliphatic rings. The van der Waals surface area contributed by atoms with E-state index >= 15 is 0 Å². The highest BCUT2D eigenvalue weighted by Crippen LogP contribution is 2.36. The molecule has 1 atom stereocenters. The molecule has 116 valence electrons. The Hall–Kier alpha value is -0.960. The molecule has 21 heavy (non-hydrogen) atoms. The molecule has 0 spiro atoms. The zero-order chi connectivity index (χ0) is 15.0. The first-order valence-corrected chi connectivity index (χ1v) is 8.15. The Kier molecular flexibility index (Phi) is 4.30. The Morgan fingerprint density at radius 1 is 1.14 bits per heavy atom. The van der Waals surface area contributed by atoms with E-state index in [1.807, 2.05) is 6.92 Å². The monoisotopic (exact) mass is 294 g/mol. The molecule has 1 saturated carbocycles. The zero-order valence-electron chi connectivity index (χ0n) is 12.9. The second-order valence-corrected chi connectivity index (χ2v) is 6.88. The predicted octanol–water partition coefficient (Wildman–Crippen LogP) is 5.10. The van der Waals surface area contributed by atoms with Gasteiger partial charge in [-0.05, 0) is 48.8 Å². The Morgan fingerprint density at radius 3 is 2.43 bits per heavy atom. The van der Waals surface area contributed by atoms with Crippen LogP contribution in [0.2, 0.25) is 0 Å². The highest BCUT2D eigenvalue weighted by atomic mass is 19.2. The van der Waals surface area contributed by atoms with Crippen molar-refractivity contribution in [1.29, 1.82) is 0 Å². The number of aryl methyl sites for hydroxylation is 1. The average molecular weight is 294 g/mol. The number of rotatable bonds is 4. The van der Waals surface area contributed by atoms with E-state index in [-0.39, 0.29) is 6.10 Å². The molecule has 1 aliphatic carbocycles. The molecule has 1 aliphatic heterocycles. The second-order valence-electron chi connectivity index (χ2n) is 6.88. The smallest absolute Gasteiger partial charge is 0.165 e. The fraction of sp³-hybridized carbons (Fsp3) is 0.667. The van der Waals surface area contributed by atoms with Gasteiger partial charge in [-0.1, -0.05) is 32.6 Å².